The van der Waals surface area contributed by atoms with Gasteiger partial charge in [0.05, 0.1) is 5.69 Å². The number of aliphatic imine (C=N–C) groups is 1. The highest BCUT2D eigenvalue weighted by Crippen LogP contribution is 2.24. The Morgan fingerprint density at radius 2 is 2.33 bits per heavy atom. The molecule has 0 aromatic carbocycles. The fourth-order valence-corrected chi connectivity index (χ4v) is 2.15. The molecule has 0 N–H and O–H groups in total. The summed E-state index contributed by atoms with van der Waals surface area (Å²) in [4.78, 5) is 8.27. The standard InChI is InChI=1S/C12H16N2S/c1-5-10(6-7-13-4)12-14-11(8-15-12)9(2)3/h5-9H,4H2,1-3H3. The van der Waals surface area contributed by atoms with Gasteiger partial charge in [0.25, 0.3) is 0 Å². The highest BCUT2D eigenvalue weighted by Gasteiger charge is 2.06. The van der Waals surface area contributed by atoms with Crippen LogP contribution in [0.4, 0.5) is 0 Å². The van der Waals surface area contributed by atoms with Crippen molar-refractivity contribution in [2.75, 3.05) is 0 Å². The highest BCUT2D eigenvalue weighted by atomic mass is 32.1. The van der Waals surface area contributed by atoms with Gasteiger partial charge < -0.3 is 0 Å². The van der Waals surface area contributed by atoms with Crippen LogP contribution in [0, 0.1) is 0 Å². The lowest BCUT2D eigenvalue weighted by Crippen LogP contribution is -1.87. The fraction of sp³-hybridized carbons (Fsp3) is 0.333. The maximum atomic E-state index is 4.57. The maximum Gasteiger partial charge on any atom is 0.123 e. The normalized spacial score (nSPS) is 12.7. The molecule has 1 aromatic heterocycles. The number of aromatic nitrogens is 1. The Hall–Kier alpha value is -1.22. The minimum Gasteiger partial charge on any atom is -0.272 e. The van der Waals surface area contributed by atoms with E-state index in [1.54, 1.807) is 17.5 Å². The van der Waals surface area contributed by atoms with Gasteiger partial charge in [-0.2, -0.15) is 0 Å². The first-order valence-corrected chi connectivity index (χ1v) is 5.81. The largest absolute Gasteiger partial charge is 0.272 e. The van der Waals surface area contributed by atoms with Crippen LogP contribution in [0.15, 0.2) is 28.7 Å². The first-order chi connectivity index (χ1) is 7.19. The Balaban J connectivity index is 2.94. The second-order valence-electron chi connectivity index (χ2n) is 3.47. The molecule has 0 aliphatic heterocycles. The first kappa shape index (κ1) is 11.9. The monoisotopic (exact) mass is 220 g/mol. The van der Waals surface area contributed by atoms with E-state index in [0.717, 1.165) is 16.3 Å². The Morgan fingerprint density at radius 3 is 2.80 bits per heavy atom. The van der Waals surface area contributed by atoms with Crippen molar-refractivity contribution in [3.8, 4) is 0 Å². The molecule has 80 valence electrons. The van der Waals surface area contributed by atoms with Crippen LogP contribution in [0.2, 0.25) is 0 Å². The summed E-state index contributed by atoms with van der Waals surface area (Å²) in [5.74, 6) is 0.481. The van der Waals surface area contributed by atoms with Crippen LogP contribution in [-0.2, 0) is 0 Å². The lowest BCUT2D eigenvalue weighted by molar-refractivity contribution is 0.831. The molecule has 1 rings (SSSR count). The second kappa shape index (κ2) is 5.61. The lowest BCUT2D eigenvalue weighted by Gasteiger charge is -1.97. The van der Waals surface area contributed by atoms with Gasteiger partial charge in [0.1, 0.15) is 5.01 Å². The van der Waals surface area contributed by atoms with Crippen molar-refractivity contribution in [1.29, 1.82) is 0 Å². The highest BCUT2D eigenvalue weighted by molar-refractivity contribution is 7.10. The van der Waals surface area contributed by atoms with Gasteiger partial charge in [0.2, 0.25) is 0 Å². The number of hydrogen-bond acceptors (Lipinski definition) is 3. The summed E-state index contributed by atoms with van der Waals surface area (Å²) in [6.45, 7) is 9.71. The Morgan fingerprint density at radius 1 is 1.60 bits per heavy atom. The summed E-state index contributed by atoms with van der Waals surface area (Å²) >= 11 is 1.67. The third-order valence-electron chi connectivity index (χ3n) is 2.03. The van der Waals surface area contributed by atoms with Crippen molar-refractivity contribution < 1.29 is 0 Å². The Labute approximate surface area is 95.1 Å². The van der Waals surface area contributed by atoms with E-state index in [2.05, 4.69) is 35.9 Å². The van der Waals surface area contributed by atoms with E-state index >= 15 is 0 Å². The summed E-state index contributed by atoms with van der Waals surface area (Å²) in [7, 11) is 0. The molecular formula is C12H16N2S. The van der Waals surface area contributed by atoms with E-state index < -0.39 is 0 Å². The van der Waals surface area contributed by atoms with E-state index in [0.29, 0.717) is 5.92 Å². The maximum absolute atomic E-state index is 4.57. The van der Waals surface area contributed by atoms with Crippen molar-refractivity contribution >= 4 is 23.6 Å². The molecule has 15 heavy (non-hydrogen) atoms. The van der Waals surface area contributed by atoms with E-state index in [1.807, 2.05) is 19.1 Å². The van der Waals surface area contributed by atoms with Crippen molar-refractivity contribution in [2.24, 2.45) is 4.99 Å². The lowest BCUT2D eigenvalue weighted by atomic mass is 10.2. The van der Waals surface area contributed by atoms with Crippen molar-refractivity contribution in [2.45, 2.75) is 26.7 Å². The molecule has 0 amide bonds. The topological polar surface area (TPSA) is 25.2 Å². The number of rotatable bonds is 4. The van der Waals surface area contributed by atoms with Crippen LogP contribution < -0.4 is 0 Å². The molecule has 0 saturated heterocycles. The van der Waals surface area contributed by atoms with Gasteiger partial charge in [-0.25, -0.2) is 4.98 Å². The molecular weight excluding hydrogens is 204 g/mol. The average Bonchev–Trinajstić information content (AvgIpc) is 2.68. The minimum absolute atomic E-state index is 0.481. The van der Waals surface area contributed by atoms with E-state index in [1.165, 1.54) is 0 Å². The molecule has 0 aliphatic carbocycles. The molecule has 0 fully saturated rings. The summed E-state index contributed by atoms with van der Waals surface area (Å²) in [6, 6.07) is 0. The van der Waals surface area contributed by atoms with Gasteiger partial charge in [0.15, 0.2) is 0 Å². The molecule has 0 bridgehead atoms. The minimum atomic E-state index is 0.481. The van der Waals surface area contributed by atoms with Crippen LogP contribution in [0.1, 0.15) is 37.4 Å². The molecule has 3 heteroatoms. The van der Waals surface area contributed by atoms with E-state index in [4.69, 9.17) is 0 Å². The van der Waals surface area contributed by atoms with E-state index in [9.17, 15) is 0 Å². The van der Waals surface area contributed by atoms with Gasteiger partial charge in [-0.3, -0.25) is 4.99 Å². The summed E-state index contributed by atoms with van der Waals surface area (Å²) in [5, 5.41) is 3.15. The number of nitrogens with zero attached hydrogens (tertiary/aromatic N) is 2. The third kappa shape index (κ3) is 3.13. The molecule has 1 aromatic rings. The van der Waals surface area contributed by atoms with E-state index in [-0.39, 0.29) is 0 Å². The predicted molar refractivity (Wildman–Crippen MR) is 68.5 cm³/mol. The summed E-state index contributed by atoms with van der Waals surface area (Å²) in [5.41, 5.74) is 2.24. The Kier molecular flexibility index (Phi) is 4.43. The third-order valence-corrected chi connectivity index (χ3v) is 2.94. The van der Waals surface area contributed by atoms with Gasteiger partial charge in [-0.15, -0.1) is 11.3 Å². The quantitative estimate of drug-likeness (QED) is 0.558. The molecule has 0 unspecified atom stereocenters. The van der Waals surface area contributed by atoms with Crippen LogP contribution in [0.5, 0.6) is 0 Å². The van der Waals surface area contributed by atoms with Crippen LogP contribution in [0.25, 0.3) is 5.57 Å². The molecule has 0 aliphatic rings. The smallest absolute Gasteiger partial charge is 0.123 e. The zero-order valence-corrected chi connectivity index (χ0v) is 10.2. The summed E-state index contributed by atoms with van der Waals surface area (Å²) < 4.78 is 0. The van der Waals surface area contributed by atoms with Crippen LogP contribution in [-0.4, -0.2) is 11.7 Å². The SMILES string of the molecule is C=NC=CC(=CC)c1nc(C(C)C)cs1. The van der Waals surface area contributed by atoms with Crippen molar-refractivity contribution in [3.63, 3.8) is 0 Å². The van der Waals surface area contributed by atoms with Gasteiger partial charge in [0, 0.05) is 17.2 Å². The van der Waals surface area contributed by atoms with Crippen LogP contribution >= 0.6 is 11.3 Å². The fourth-order valence-electron chi connectivity index (χ4n) is 1.11. The molecule has 0 spiro atoms. The van der Waals surface area contributed by atoms with Gasteiger partial charge in [-0.1, -0.05) is 19.9 Å². The second-order valence-corrected chi connectivity index (χ2v) is 4.33. The zero-order chi connectivity index (χ0) is 11.3. The zero-order valence-electron chi connectivity index (χ0n) is 9.40. The Bertz CT molecular complexity index is 386. The molecule has 2 nitrogen and oxygen atoms in total. The molecule has 1 heterocycles. The molecule has 0 atom stereocenters. The average molecular weight is 220 g/mol. The van der Waals surface area contributed by atoms with Crippen molar-refractivity contribution in [3.05, 3.63) is 34.4 Å². The molecule has 0 saturated carbocycles. The van der Waals surface area contributed by atoms with Crippen LogP contribution in [0.3, 0.4) is 0 Å². The van der Waals surface area contributed by atoms with Gasteiger partial charge >= 0.3 is 0 Å². The van der Waals surface area contributed by atoms with Gasteiger partial charge in [-0.05, 0) is 25.6 Å². The predicted octanol–water partition coefficient (Wildman–Crippen LogP) is 3.88. The number of allylic oxidation sites excluding steroid dienone is 3. The number of thiazole rings is 1. The van der Waals surface area contributed by atoms with Crippen molar-refractivity contribution in [1.82, 2.24) is 4.98 Å². The number of hydrogen-bond donors (Lipinski definition) is 0. The molecule has 0 radical (unpaired) electrons. The summed E-state index contributed by atoms with van der Waals surface area (Å²) in [6.07, 6.45) is 5.65. The first-order valence-electron chi connectivity index (χ1n) is 4.93.